The first kappa shape index (κ1) is 21.5. The zero-order valence-electron chi connectivity index (χ0n) is 18.4. The van der Waals surface area contributed by atoms with Gasteiger partial charge >= 0.3 is 0 Å². The van der Waals surface area contributed by atoms with Crippen LogP contribution in [0.5, 0.6) is 0 Å². The lowest BCUT2D eigenvalue weighted by Gasteiger charge is -2.41. The highest BCUT2D eigenvalue weighted by Gasteiger charge is 2.43. The van der Waals surface area contributed by atoms with E-state index in [4.69, 9.17) is 0 Å². The molecule has 1 heterocycles. The lowest BCUT2D eigenvalue weighted by Crippen LogP contribution is -2.61. The van der Waals surface area contributed by atoms with E-state index in [0.717, 1.165) is 16.7 Å². The minimum Gasteiger partial charge on any atom is -0.301 e. The number of amides is 2. The van der Waals surface area contributed by atoms with Crippen molar-refractivity contribution in [3.05, 3.63) is 101 Å². The summed E-state index contributed by atoms with van der Waals surface area (Å²) in [5.41, 5.74) is 4.35. The van der Waals surface area contributed by atoms with Gasteiger partial charge in [0.15, 0.2) is 0 Å². The second-order valence-corrected chi connectivity index (χ2v) is 8.06. The van der Waals surface area contributed by atoms with Crippen molar-refractivity contribution >= 4 is 29.3 Å². The number of benzene rings is 3. The van der Waals surface area contributed by atoms with Gasteiger partial charge in [-0.15, -0.1) is 0 Å². The van der Waals surface area contributed by atoms with Gasteiger partial charge in [-0.1, -0.05) is 60.7 Å². The number of rotatable bonds is 4. The summed E-state index contributed by atoms with van der Waals surface area (Å²) >= 11 is 0. The number of carbonyl (C=O) groups is 2. The molecule has 0 radical (unpaired) electrons. The molecule has 4 rings (SSSR count). The van der Waals surface area contributed by atoms with Gasteiger partial charge in [-0.05, 0) is 61.2 Å². The van der Waals surface area contributed by atoms with Gasteiger partial charge in [-0.25, -0.2) is 4.39 Å². The Kier molecular flexibility index (Phi) is 5.91. The molecule has 1 fully saturated rings. The van der Waals surface area contributed by atoms with Gasteiger partial charge in [0.2, 0.25) is 5.91 Å². The van der Waals surface area contributed by atoms with Crippen molar-refractivity contribution in [1.82, 2.24) is 0 Å². The molecule has 162 valence electrons. The number of aryl methyl sites for hydroxylation is 1. The maximum Gasteiger partial charge on any atom is 0.254 e. The van der Waals surface area contributed by atoms with Gasteiger partial charge in [0.05, 0.1) is 5.69 Å². The van der Waals surface area contributed by atoms with E-state index in [9.17, 15) is 14.0 Å². The molecule has 1 aliphatic rings. The van der Waals surface area contributed by atoms with Crippen LogP contribution in [0.2, 0.25) is 0 Å². The monoisotopic (exact) mass is 428 g/mol. The topological polar surface area (TPSA) is 40.6 Å². The van der Waals surface area contributed by atoms with Crippen LogP contribution in [0.3, 0.4) is 0 Å². The molecule has 1 aliphatic heterocycles. The summed E-state index contributed by atoms with van der Waals surface area (Å²) < 4.78 is 14.7. The third kappa shape index (κ3) is 3.94. The van der Waals surface area contributed by atoms with Crippen molar-refractivity contribution in [2.45, 2.75) is 26.8 Å². The van der Waals surface area contributed by atoms with Gasteiger partial charge in [0, 0.05) is 5.69 Å². The molecule has 1 atom stereocenters. The van der Waals surface area contributed by atoms with Crippen LogP contribution in [0.1, 0.15) is 23.6 Å². The van der Waals surface area contributed by atoms with Crippen LogP contribution in [0, 0.1) is 19.7 Å². The Morgan fingerprint density at radius 2 is 1.56 bits per heavy atom. The molecule has 0 bridgehead atoms. The quantitative estimate of drug-likeness (QED) is 0.566. The molecule has 4 nitrogen and oxygen atoms in total. The molecule has 32 heavy (non-hydrogen) atoms. The summed E-state index contributed by atoms with van der Waals surface area (Å²) in [5, 5.41) is 0. The highest BCUT2D eigenvalue weighted by atomic mass is 19.1. The van der Waals surface area contributed by atoms with Crippen LogP contribution < -0.4 is 9.80 Å². The highest BCUT2D eigenvalue weighted by Crippen LogP contribution is 2.33. The first-order valence-electron chi connectivity index (χ1n) is 10.6. The summed E-state index contributed by atoms with van der Waals surface area (Å²) in [6.45, 7) is 5.57. The number of carbonyl (C=O) groups excluding carboxylic acids is 2. The number of piperazine rings is 1. The maximum atomic E-state index is 14.7. The molecule has 0 saturated carbocycles. The lowest BCUT2D eigenvalue weighted by molar-refractivity contribution is -0.127. The van der Waals surface area contributed by atoms with Crippen molar-refractivity contribution in [3.63, 3.8) is 0 Å². The van der Waals surface area contributed by atoms with Crippen LogP contribution >= 0.6 is 0 Å². The predicted octanol–water partition coefficient (Wildman–Crippen LogP) is 5.29. The van der Waals surface area contributed by atoms with Crippen LogP contribution in [0.15, 0.2) is 78.4 Å². The normalized spacial score (nSPS) is 17.1. The van der Waals surface area contributed by atoms with Gasteiger partial charge in [0.1, 0.15) is 18.4 Å². The Balaban J connectivity index is 1.84. The summed E-state index contributed by atoms with van der Waals surface area (Å²) in [6, 6.07) is 20.4. The molecule has 3 aromatic rings. The fourth-order valence-electron chi connectivity index (χ4n) is 4.13. The number of anilines is 2. The van der Waals surface area contributed by atoms with E-state index < -0.39 is 11.9 Å². The molecule has 1 saturated heterocycles. The zero-order valence-corrected chi connectivity index (χ0v) is 18.4. The largest absolute Gasteiger partial charge is 0.301 e. The van der Waals surface area contributed by atoms with Crippen LogP contribution in [-0.2, 0) is 9.59 Å². The average molecular weight is 429 g/mol. The third-order valence-electron chi connectivity index (χ3n) is 5.92. The predicted molar refractivity (Wildman–Crippen MR) is 126 cm³/mol. The van der Waals surface area contributed by atoms with Gasteiger partial charge in [-0.3, -0.25) is 14.5 Å². The number of hydrogen-bond donors (Lipinski definition) is 0. The van der Waals surface area contributed by atoms with E-state index >= 15 is 0 Å². The smallest absolute Gasteiger partial charge is 0.254 e. The Hall–Kier alpha value is -3.73. The molecular formula is C27H25FN2O2. The van der Waals surface area contributed by atoms with Crippen molar-refractivity contribution in [3.8, 4) is 0 Å². The molecule has 0 aliphatic carbocycles. The van der Waals surface area contributed by atoms with E-state index in [2.05, 4.69) is 0 Å². The standard InChI is InChI=1S/C27H25FN2O2/c1-18-10-9-15-23(20(18)3)29-17-25(31)30(24-14-8-7-13-22(24)28)26(27(29)32)19(2)16-21-11-5-4-6-12-21/h4-16,26H,17H2,1-3H3/b19-16-/t26-/m1/s1. The van der Waals surface area contributed by atoms with Crippen molar-refractivity contribution in [2.75, 3.05) is 16.3 Å². The van der Waals surface area contributed by atoms with Crippen LogP contribution in [0.25, 0.3) is 6.08 Å². The molecule has 0 N–H and O–H groups in total. The Labute approximate surface area is 187 Å². The number of para-hydroxylation sites is 1. The molecule has 5 heteroatoms. The highest BCUT2D eigenvalue weighted by molar-refractivity contribution is 6.16. The Bertz CT molecular complexity index is 1200. The minimum atomic E-state index is -0.951. The van der Waals surface area contributed by atoms with E-state index in [1.165, 1.54) is 21.9 Å². The second-order valence-electron chi connectivity index (χ2n) is 8.06. The molecular weight excluding hydrogens is 403 g/mol. The fraction of sp³-hybridized carbons (Fsp3) is 0.185. The molecule has 2 amide bonds. The summed E-state index contributed by atoms with van der Waals surface area (Å²) in [5.74, 6) is -1.13. The third-order valence-corrected chi connectivity index (χ3v) is 5.92. The molecule has 0 aromatic heterocycles. The van der Waals surface area contributed by atoms with Crippen LogP contribution in [0.4, 0.5) is 15.8 Å². The Morgan fingerprint density at radius 1 is 0.906 bits per heavy atom. The van der Waals surface area contributed by atoms with Crippen molar-refractivity contribution < 1.29 is 14.0 Å². The van der Waals surface area contributed by atoms with Crippen molar-refractivity contribution in [2.24, 2.45) is 0 Å². The average Bonchev–Trinajstić information content (AvgIpc) is 2.78. The lowest BCUT2D eigenvalue weighted by atomic mass is 9.97. The number of hydrogen-bond acceptors (Lipinski definition) is 2. The maximum absolute atomic E-state index is 14.7. The van der Waals surface area contributed by atoms with Gasteiger partial charge < -0.3 is 4.90 Å². The van der Waals surface area contributed by atoms with E-state index in [1.54, 1.807) is 12.1 Å². The SMILES string of the molecule is C/C(=C/c1ccccc1)[C@@H]1C(=O)N(c2cccc(C)c2C)CC(=O)N1c1ccccc1F. The first-order chi connectivity index (χ1) is 15.4. The Morgan fingerprint density at radius 3 is 2.28 bits per heavy atom. The first-order valence-corrected chi connectivity index (χ1v) is 10.6. The zero-order chi connectivity index (χ0) is 22.8. The summed E-state index contributed by atoms with van der Waals surface area (Å²) in [4.78, 5) is 30.0. The fourth-order valence-corrected chi connectivity index (χ4v) is 4.13. The number of halogens is 1. The molecule has 0 unspecified atom stereocenters. The van der Waals surface area contributed by atoms with Gasteiger partial charge in [0.25, 0.3) is 5.91 Å². The van der Waals surface area contributed by atoms with E-state index in [0.29, 0.717) is 11.3 Å². The molecule has 3 aromatic carbocycles. The summed E-state index contributed by atoms with van der Waals surface area (Å²) in [7, 11) is 0. The van der Waals surface area contributed by atoms with E-state index in [1.807, 2.05) is 75.4 Å². The summed E-state index contributed by atoms with van der Waals surface area (Å²) in [6.07, 6.45) is 1.87. The van der Waals surface area contributed by atoms with E-state index in [-0.39, 0.29) is 24.0 Å². The molecule has 0 spiro atoms. The van der Waals surface area contributed by atoms with Gasteiger partial charge in [-0.2, -0.15) is 0 Å². The minimum absolute atomic E-state index is 0.109. The van der Waals surface area contributed by atoms with Crippen molar-refractivity contribution in [1.29, 1.82) is 0 Å². The number of nitrogens with zero attached hydrogens (tertiary/aromatic N) is 2. The van der Waals surface area contributed by atoms with Crippen LogP contribution in [-0.4, -0.2) is 24.4 Å². The second kappa shape index (κ2) is 8.79.